The fraction of sp³-hybridized carbons (Fsp3) is 0.967. The summed E-state index contributed by atoms with van der Waals surface area (Å²) in [7, 11) is 0. The molecule has 1 unspecified atom stereocenters. The number of unbranched alkanes of at least 4 members (excludes halogenated alkanes) is 22. The van der Waals surface area contributed by atoms with Crippen molar-refractivity contribution in [3.05, 3.63) is 4.91 Å². The van der Waals surface area contributed by atoms with E-state index in [1.807, 2.05) is 0 Å². The molecule has 0 aliphatic carbocycles. The van der Waals surface area contributed by atoms with Gasteiger partial charge in [0.2, 0.25) is 0 Å². The highest BCUT2D eigenvalue weighted by molar-refractivity contribution is 5.72. The summed E-state index contributed by atoms with van der Waals surface area (Å²) in [6.07, 6.45) is 33.5. The first-order chi connectivity index (χ1) is 16.8. The van der Waals surface area contributed by atoms with Crippen LogP contribution in [0, 0.1) is 10.8 Å². The second-order valence-corrected chi connectivity index (χ2v) is 10.5. The molecule has 202 valence electrons. The van der Waals surface area contributed by atoms with Gasteiger partial charge >= 0.3 is 5.97 Å². The largest absolute Gasteiger partial charge is 0.341 e. The first-order valence-corrected chi connectivity index (χ1v) is 15.3. The lowest BCUT2D eigenvalue weighted by Gasteiger charge is -2.13. The lowest BCUT2D eigenvalue weighted by atomic mass is 9.94. The van der Waals surface area contributed by atoms with E-state index in [4.69, 9.17) is 0 Å². The molecule has 0 aromatic carbocycles. The average Bonchev–Trinajstić information content (AvgIpc) is 2.84. The Kier molecular flexibility index (Phi) is 27.5. The highest BCUT2D eigenvalue weighted by Gasteiger charge is 2.20. The molecule has 0 amide bonds. The second kappa shape index (κ2) is 28.3. The topological polar surface area (TPSA) is 55.7 Å². The van der Waals surface area contributed by atoms with Crippen molar-refractivity contribution in [1.29, 1.82) is 0 Å². The van der Waals surface area contributed by atoms with E-state index in [1.165, 1.54) is 135 Å². The van der Waals surface area contributed by atoms with Gasteiger partial charge in [0.1, 0.15) is 0 Å². The smallest absolute Gasteiger partial charge is 0.284 e. The zero-order valence-electron chi connectivity index (χ0n) is 23.1. The number of hydrogen-bond acceptors (Lipinski definition) is 4. The summed E-state index contributed by atoms with van der Waals surface area (Å²) in [5.74, 6) is -0.569. The Morgan fingerprint density at radius 1 is 0.500 bits per heavy atom. The minimum absolute atomic E-state index is 0.148. The van der Waals surface area contributed by atoms with Gasteiger partial charge in [-0.2, -0.15) is 0 Å². The standard InChI is InChI=1S/C30H59NO3/c1-3-5-7-9-11-12-13-14-15-16-17-18-19-20-21-22-24-26-28-29(30(32)34-31-33)27-25-23-10-8-6-4-2/h29H,3-28H2,1-2H3. The maximum absolute atomic E-state index is 12.0. The van der Waals surface area contributed by atoms with Crippen molar-refractivity contribution < 1.29 is 9.63 Å². The first-order valence-electron chi connectivity index (χ1n) is 15.3. The van der Waals surface area contributed by atoms with Crippen molar-refractivity contribution in [3.63, 3.8) is 0 Å². The van der Waals surface area contributed by atoms with E-state index >= 15 is 0 Å². The molecule has 0 aromatic heterocycles. The molecule has 0 bridgehead atoms. The average molecular weight is 482 g/mol. The molecule has 4 heteroatoms. The predicted octanol–water partition coefficient (Wildman–Crippen LogP) is 11.0. The molecule has 0 aliphatic heterocycles. The third-order valence-corrected chi connectivity index (χ3v) is 7.27. The molecule has 0 heterocycles. The predicted molar refractivity (Wildman–Crippen MR) is 147 cm³/mol. The Morgan fingerprint density at radius 2 is 0.765 bits per heavy atom. The van der Waals surface area contributed by atoms with E-state index in [2.05, 4.69) is 24.0 Å². The molecular weight excluding hydrogens is 422 g/mol. The van der Waals surface area contributed by atoms with Gasteiger partial charge < -0.3 is 0 Å². The molecule has 0 spiro atoms. The monoisotopic (exact) mass is 481 g/mol. The minimum Gasteiger partial charge on any atom is -0.284 e. The Bertz CT molecular complexity index is 427. The third kappa shape index (κ3) is 24.2. The van der Waals surface area contributed by atoms with E-state index in [9.17, 15) is 9.70 Å². The van der Waals surface area contributed by atoms with Crippen LogP contribution < -0.4 is 0 Å². The molecular formula is C30H59NO3. The van der Waals surface area contributed by atoms with Crippen LogP contribution in [0.15, 0.2) is 5.34 Å². The molecule has 0 radical (unpaired) electrons. The van der Waals surface area contributed by atoms with E-state index in [0.717, 1.165) is 32.1 Å². The highest BCUT2D eigenvalue weighted by atomic mass is 16.7. The maximum atomic E-state index is 12.0. The summed E-state index contributed by atoms with van der Waals surface area (Å²) in [6.45, 7) is 4.50. The SMILES string of the molecule is CCCCCCCCCCCCCCCCCCCCC(CCCCCCCC)C(=O)ON=O. The molecule has 0 rings (SSSR count). The molecule has 0 saturated carbocycles. The minimum atomic E-state index is -0.421. The van der Waals surface area contributed by atoms with Gasteiger partial charge in [0.15, 0.2) is 5.34 Å². The van der Waals surface area contributed by atoms with Crippen LogP contribution in [0.1, 0.15) is 181 Å². The normalized spacial score (nSPS) is 12.1. The van der Waals surface area contributed by atoms with Crippen molar-refractivity contribution >= 4 is 5.97 Å². The van der Waals surface area contributed by atoms with Gasteiger partial charge in [0.25, 0.3) is 0 Å². The third-order valence-electron chi connectivity index (χ3n) is 7.27. The fourth-order valence-corrected chi connectivity index (χ4v) is 4.95. The van der Waals surface area contributed by atoms with Crippen LogP contribution in [0.25, 0.3) is 0 Å². The number of hydrogen-bond donors (Lipinski definition) is 0. The number of carbonyl (C=O) groups is 1. The van der Waals surface area contributed by atoms with Crippen LogP contribution in [-0.2, 0) is 9.63 Å². The van der Waals surface area contributed by atoms with Crippen molar-refractivity contribution in [1.82, 2.24) is 0 Å². The summed E-state index contributed by atoms with van der Waals surface area (Å²) in [5, 5.41) is 2.36. The zero-order chi connectivity index (χ0) is 25.0. The lowest BCUT2D eigenvalue weighted by Crippen LogP contribution is -2.15. The Hall–Kier alpha value is -0.930. The van der Waals surface area contributed by atoms with Gasteiger partial charge in [0.05, 0.1) is 5.92 Å². The maximum Gasteiger partial charge on any atom is 0.341 e. The highest BCUT2D eigenvalue weighted by Crippen LogP contribution is 2.21. The molecule has 34 heavy (non-hydrogen) atoms. The second-order valence-electron chi connectivity index (χ2n) is 10.5. The molecule has 0 fully saturated rings. The summed E-state index contributed by atoms with van der Waals surface area (Å²) >= 11 is 0. The fourth-order valence-electron chi connectivity index (χ4n) is 4.95. The molecule has 0 N–H and O–H groups in total. The van der Waals surface area contributed by atoms with Crippen molar-refractivity contribution in [2.45, 2.75) is 181 Å². The number of carbonyl (C=O) groups excluding carboxylic acids is 1. The number of rotatable bonds is 28. The van der Waals surface area contributed by atoms with Gasteiger partial charge in [-0.1, -0.05) is 168 Å². The summed E-state index contributed by atoms with van der Waals surface area (Å²) in [4.78, 5) is 26.7. The molecule has 0 saturated heterocycles. The van der Waals surface area contributed by atoms with Gasteiger partial charge in [-0.25, -0.2) is 4.79 Å². The van der Waals surface area contributed by atoms with Gasteiger partial charge in [0, 0.05) is 0 Å². The van der Waals surface area contributed by atoms with Gasteiger partial charge in [-0.3, -0.25) is 4.84 Å². The summed E-state index contributed by atoms with van der Waals surface area (Å²) < 4.78 is 0. The van der Waals surface area contributed by atoms with Gasteiger partial charge in [-0.05, 0) is 12.8 Å². The zero-order valence-corrected chi connectivity index (χ0v) is 23.1. The quantitative estimate of drug-likeness (QED) is 0.0634. The van der Waals surface area contributed by atoms with E-state index in [0.29, 0.717) is 0 Å². The lowest BCUT2D eigenvalue weighted by molar-refractivity contribution is -0.149. The van der Waals surface area contributed by atoms with Crippen LogP contribution >= 0.6 is 0 Å². The van der Waals surface area contributed by atoms with Crippen molar-refractivity contribution in [3.8, 4) is 0 Å². The summed E-state index contributed by atoms with van der Waals surface area (Å²) in [5.41, 5.74) is 0. The molecule has 0 aromatic rings. The molecule has 0 aliphatic rings. The van der Waals surface area contributed by atoms with Crippen molar-refractivity contribution in [2.24, 2.45) is 11.3 Å². The van der Waals surface area contributed by atoms with E-state index in [1.54, 1.807) is 0 Å². The van der Waals surface area contributed by atoms with Crippen LogP contribution in [0.3, 0.4) is 0 Å². The van der Waals surface area contributed by atoms with Crippen LogP contribution in [0.4, 0.5) is 0 Å². The van der Waals surface area contributed by atoms with E-state index in [-0.39, 0.29) is 5.92 Å². The van der Waals surface area contributed by atoms with E-state index < -0.39 is 5.97 Å². The first kappa shape index (κ1) is 33.1. The van der Waals surface area contributed by atoms with Crippen molar-refractivity contribution in [2.75, 3.05) is 0 Å². The Morgan fingerprint density at radius 3 is 1.03 bits per heavy atom. The molecule has 4 nitrogen and oxygen atoms in total. The Balaban J connectivity index is 3.51. The van der Waals surface area contributed by atoms with Crippen LogP contribution in [-0.4, -0.2) is 5.97 Å². The van der Waals surface area contributed by atoms with Gasteiger partial charge in [-0.15, -0.1) is 4.91 Å². The molecule has 1 atom stereocenters. The van der Waals surface area contributed by atoms with Crippen LogP contribution in [0.2, 0.25) is 0 Å². The summed E-state index contributed by atoms with van der Waals surface area (Å²) in [6, 6.07) is 0. The Labute approximate surface area is 212 Å². The number of nitrogens with zero attached hydrogens (tertiary/aromatic N) is 1. The van der Waals surface area contributed by atoms with Crippen LogP contribution in [0.5, 0.6) is 0 Å².